The average molecular weight is 454 g/mol. The van der Waals surface area contributed by atoms with Crippen molar-refractivity contribution in [2.75, 3.05) is 20.3 Å². The van der Waals surface area contributed by atoms with E-state index in [2.05, 4.69) is 9.98 Å². The third-order valence-electron chi connectivity index (χ3n) is 4.81. The van der Waals surface area contributed by atoms with Crippen LogP contribution in [-0.2, 0) is 14.3 Å². The minimum absolute atomic E-state index is 0.0844. The van der Waals surface area contributed by atoms with Crippen LogP contribution < -0.4 is 4.74 Å². The summed E-state index contributed by atoms with van der Waals surface area (Å²) in [5, 5.41) is 0. The summed E-state index contributed by atoms with van der Waals surface area (Å²) in [7, 11) is 1.71. The van der Waals surface area contributed by atoms with Crippen molar-refractivity contribution in [3.8, 4) is 5.75 Å². The van der Waals surface area contributed by atoms with E-state index in [1.54, 1.807) is 43.6 Å². The summed E-state index contributed by atoms with van der Waals surface area (Å²) in [4.78, 5) is 32.9. The first-order valence-electron chi connectivity index (χ1n) is 10.6. The largest absolute Gasteiger partial charge is 0.490 e. The quantitative estimate of drug-likeness (QED) is 0.219. The van der Waals surface area contributed by atoms with Gasteiger partial charge in [-0.15, -0.1) is 0 Å². The van der Waals surface area contributed by atoms with Crippen molar-refractivity contribution in [3.05, 3.63) is 107 Å². The predicted molar refractivity (Wildman–Crippen MR) is 129 cm³/mol. The summed E-state index contributed by atoms with van der Waals surface area (Å²) >= 11 is 0. The molecule has 0 saturated carbocycles. The Labute approximate surface area is 197 Å². The fourth-order valence-corrected chi connectivity index (χ4v) is 3.20. The van der Waals surface area contributed by atoms with Crippen LogP contribution in [0.15, 0.2) is 94.5 Å². The van der Waals surface area contributed by atoms with Crippen LogP contribution in [0, 0.1) is 0 Å². The van der Waals surface area contributed by atoms with Gasteiger partial charge in [0.15, 0.2) is 5.70 Å². The number of benzene rings is 3. The van der Waals surface area contributed by atoms with Gasteiger partial charge in [0.05, 0.1) is 5.56 Å². The van der Waals surface area contributed by atoms with E-state index in [9.17, 15) is 9.59 Å². The van der Waals surface area contributed by atoms with Gasteiger partial charge < -0.3 is 14.2 Å². The van der Waals surface area contributed by atoms with Gasteiger partial charge >= 0.3 is 11.9 Å². The summed E-state index contributed by atoms with van der Waals surface area (Å²) in [5.74, 6) is -0.239. The number of esters is 2. The topological polar surface area (TPSA) is 86.5 Å². The molecule has 0 N–H and O–H groups in total. The van der Waals surface area contributed by atoms with E-state index in [1.807, 2.05) is 54.6 Å². The van der Waals surface area contributed by atoms with Crippen molar-refractivity contribution in [2.24, 2.45) is 9.98 Å². The Kier molecular flexibility index (Phi) is 7.25. The van der Waals surface area contributed by atoms with Gasteiger partial charge in [0.1, 0.15) is 19.0 Å². The maximum Gasteiger partial charge on any atom is 0.363 e. The number of carbonyl (C=O) groups excluding carboxylic acids is 2. The zero-order valence-electron chi connectivity index (χ0n) is 18.5. The molecule has 0 amide bonds. The molecule has 7 heteroatoms. The molecule has 0 fully saturated rings. The van der Waals surface area contributed by atoms with Crippen LogP contribution in [0.5, 0.6) is 5.75 Å². The van der Waals surface area contributed by atoms with Crippen LogP contribution in [-0.4, -0.2) is 44.3 Å². The van der Waals surface area contributed by atoms with Gasteiger partial charge in [-0.2, -0.15) is 0 Å². The van der Waals surface area contributed by atoms with E-state index in [-0.39, 0.29) is 24.8 Å². The molecule has 170 valence electrons. The van der Waals surface area contributed by atoms with E-state index < -0.39 is 11.9 Å². The Morgan fingerprint density at radius 2 is 1.76 bits per heavy atom. The number of carbonyl (C=O) groups is 2. The highest BCUT2D eigenvalue weighted by molar-refractivity contribution is 6.13. The zero-order chi connectivity index (χ0) is 23.8. The molecule has 34 heavy (non-hydrogen) atoms. The van der Waals surface area contributed by atoms with Crippen LogP contribution in [0.4, 0.5) is 0 Å². The lowest BCUT2D eigenvalue weighted by Gasteiger charge is -2.08. The van der Waals surface area contributed by atoms with E-state index in [0.29, 0.717) is 16.9 Å². The highest BCUT2D eigenvalue weighted by Gasteiger charge is 2.24. The molecule has 0 radical (unpaired) electrons. The number of aliphatic imine (C=N–C) groups is 2. The third kappa shape index (κ3) is 5.83. The lowest BCUT2D eigenvalue weighted by Crippen LogP contribution is -2.13. The molecule has 3 aromatic rings. The number of cyclic esters (lactones) is 1. The Balaban J connectivity index is 1.34. The van der Waals surface area contributed by atoms with Crippen molar-refractivity contribution >= 4 is 30.1 Å². The molecule has 1 aliphatic rings. The Morgan fingerprint density at radius 1 is 0.971 bits per heavy atom. The summed E-state index contributed by atoms with van der Waals surface area (Å²) in [6.07, 6.45) is 3.40. The highest BCUT2D eigenvalue weighted by Crippen LogP contribution is 2.20. The maximum atomic E-state index is 12.5. The smallest absolute Gasteiger partial charge is 0.363 e. The standard InChI is InChI=1S/C27H22N2O5/c1-28-18-20-10-12-23(13-11-20)32-14-15-33-26(30)22-9-5-8-21(17-22)25-29-24(27(31)34-25)16-19-6-3-2-4-7-19/h2-13,16-18H,14-15H2,1H3/b24-16+,28-18?. The lowest BCUT2D eigenvalue weighted by molar-refractivity contribution is -0.129. The molecular weight excluding hydrogens is 432 g/mol. The number of hydrogen-bond acceptors (Lipinski definition) is 7. The highest BCUT2D eigenvalue weighted by atomic mass is 16.6. The molecule has 4 rings (SSSR count). The molecule has 0 aliphatic carbocycles. The SMILES string of the molecule is CN=Cc1ccc(OCCOC(=O)c2cccc(C3=N/C(=C/c4ccccc4)C(=O)O3)c2)cc1. The summed E-state index contributed by atoms with van der Waals surface area (Å²) in [6, 6.07) is 23.4. The van der Waals surface area contributed by atoms with Crippen LogP contribution in [0.1, 0.15) is 27.0 Å². The molecular formula is C27H22N2O5. The maximum absolute atomic E-state index is 12.5. The number of rotatable bonds is 8. The van der Waals surface area contributed by atoms with E-state index in [1.165, 1.54) is 0 Å². The fourth-order valence-electron chi connectivity index (χ4n) is 3.20. The van der Waals surface area contributed by atoms with Gasteiger partial charge in [0.25, 0.3) is 0 Å². The van der Waals surface area contributed by atoms with E-state index in [0.717, 1.165) is 11.1 Å². The predicted octanol–water partition coefficient (Wildman–Crippen LogP) is 4.32. The van der Waals surface area contributed by atoms with Crippen LogP contribution in [0.3, 0.4) is 0 Å². The molecule has 3 aromatic carbocycles. The second-order valence-electron chi connectivity index (χ2n) is 7.27. The van der Waals surface area contributed by atoms with Crippen molar-refractivity contribution in [2.45, 2.75) is 0 Å². The average Bonchev–Trinajstić information content (AvgIpc) is 3.23. The second kappa shape index (κ2) is 10.9. The first-order valence-corrected chi connectivity index (χ1v) is 10.6. The van der Waals surface area contributed by atoms with Crippen molar-refractivity contribution in [1.82, 2.24) is 0 Å². The Hall–Kier alpha value is -4.52. The monoisotopic (exact) mass is 454 g/mol. The number of nitrogens with zero attached hydrogens (tertiary/aromatic N) is 2. The molecule has 1 heterocycles. The van der Waals surface area contributed by atoms with Crippen LogP contribution >= 0.6 is 0 Å². The van der Waals surface area contributed by atoms with Gasteiger partial charge in [-0.3, -0.25) is 4.99 Å². The van der Waals surface area contributed by atoms with Crippen molar-refractivity contribution in [1.29, 1.82) is 0 Å². The van der Waals surface area contributed by atoms with Gasteiger partial charge in [-0.05, 0) is 59.7 Å². The van der Waals surface area contributed by atoms with Crippen LogP contribution in [0.25, 0.3) is 6.08 Å². The molecule has 0 aromatic heterocycles. The van der Waals surface area contributed by atoms with Crippen molar-refractivity contribution < 1.29 is 23.8 Å². The molecule has 0 unspecified atom stereocenters. The first-order chi connectivity index (χ1) is 16.6. The molecule has 0 bridgehead atoms. The first kappa shape index (κ1) is 22.7. The minimum Gasteiger partial charge on any atom is -0.490 e. The lowest BCUT2D eigenvalue weighted by atomic mass is 10.1. The summed E-state index contributed by atoms with van der Waals surface area (Å²) in [5.41, 5.74) is 2.83. The Bertz CT molecular complexity index is 1260. The van der Waals surface area contributed by atoms with Crippen molar-refractivity contribution in [3.63, 3.8) is 0 Å². The van der Waals surface area contributed by atoms with Gasteiger partial charge in [0.2, 0.25) is 5.90 Å². The molecule has 1 aliphatic heterocycles. The second-order valence-corrected chi connectivity index (χ2v) is 7.27. The number of ether oxygens (including phenoxy) is 3. The molecule has 0 saturated heterocycles. The third-order valence-corrected chi connectivity index (χ3v) is 4.81. The Morgan fingerprint density at radius 3 is 2.53 bits per heavy atom. The van der Waals surface area contributed by atoms with Gasteiger partial charge in [-0.1, -0.05) is 36.4 Å². The van der Waals surface area contributed by atoms with Crippen LogP contribution in [0.2, 0.25) is 0 Å². The fraction of sp³-hybridized carbons (Fsp3) is 0.111. The van der Waals surface area contributed by atoms with E-state index >= 15 is 0 Å². The van der Waals surface area contributed by atoms with Gasteiger partial charge in [-0.25, -0.2) is 14.6 Å². The molecule has 7 nitrogen and oxygen atoms in total. The minimum atomic E-state index is -0.543. The van der Waals surface area contributed by atoms with Gasteiger partial charge in [0, 0.05) is 18.8 Å². The number of hydrogen-bond donors (Lipinski definition) is 0. The summed E-state index contributed by atoms with van der Waals surface area (Å²) < 4.78 is 16.2. The molecule has 0 spiro atoms. The van der Waals surface area contributed by atoms with E-state index in [4.69, 9.17) is 14.2 Å². The summed E-state index contributed by atoms with van der Waals surface area (Å²) in [6.45, 7) is 0.297. The zero-order valence-corrected chi connectivity index (χ0v) is 18.5. The normalized spacial score (nSPS) is 14.2. The molecule has 0 atom stereocenters.